The molecule has 0 saturated heterocycles. The van der Waals surface area contributed by atoms with E-state index in [2.05, 4.69) is 34.8 Å². The normalized spacial score (nSPS) is 16.7. The van der Waals surface area contributed by atoms with Crippen LogP contribution in [-0.4, -0.2) is 26.7 Å². The van der Waals surface area contributed by atoms with E-state index in [1.165, 1.54) is 0 Å². The number of nitrogens with zero attached hydrogens (tertiary/aromatic N) is 2. The quantitative estimate of drug-likeness (QED) is 0.783. The molecule has 3 nitrogen and oxygen atoms in total. The number of halogens is 1. The van der Waals surface area contributed by atoms with Crippen LogP contribution in [0.1, 0.15) is 32.4 Å². The van der Waals surface area contributed by atoms with Crippen molar-refractivity contribution in [2.45, 2.75) is 44.1 Å². The van der Waals surface area contributed by atoms with Crippen LogP contribution in [0.15, 0.2) is 24.4 Å². The molecule has 1 aliphatic carbocycles. The van der Waals surface area contributed by atoms with Gasteiger partial charge < -0.3 is 4.90 Å². The average molecular weight is 311 g/mol. The molecule has 1 fully saturated rings. The molecule has 0 aliphatic heterocycles. The summed E-state index contributed by atoms with van der Waals surface area (Å²) in [4.78, 5) is 18.6. The molecular weight excluding hydrogens is 292 g/mol. The van der Waals surface area contributed by atoms with Gasteiger partial charge in [-0.2, -0.15) is 0 Å². The Morgan fingerprint density at radius 3 is 2.72 bits per heavy atom. The number of hydrogen-bond donors (Lipinski definition) is 0. The fraction of sp³-hybridized carbons (Fsp3) is 0.571. The molecule has 1 atom stereocenters. The number of carbonyl (C=O) groups is 1. The van der Waals surface area contributed by atoms with Gasteiger partial charge in [0.05, 0.1) is 17.1 Å². The Morgan fingerprint density at radius 2 is 2.22 bits per heavy atom. The summed E-state index contributed by atoms with van der Waals surface area (Å²) in [6.07, 6.45) is 4.02. The maximum Gasteiger partial charge on any atom is 0.237 e. The highest BCUT2D eigenvalue weighted by molar-refractivity contribution is 9.10. The highest BCUT2D eigenvalue weighted by Crippen LogP contribution is 2.30. The molecule has 0 aromatic carbocycles. The van der Waals surface area contributed by atoms with Crippen LogP contribution >= 0.6 is 15.9 Å². The Hall–Kier alpha value is -0.900. The van der Waals surface area contributed by atoms with Crippen molar-refractivity contribution in [3.05, 3.63) is 30.1 Å². The predicted molar refractivity (Wildman–Crippen MR) is 75.4 cm³/mol. The van der Waals surface area contributed by atoms with Gasteiger partial charge in [0, 0.05) is 12.2 Å². The molecular formula is C14H19BrN2O. The van der Waals surface area contributed by atoms with Crippen LogP contribution in [0.2, 0.25) is 0 Å². The monoisotopic (exact) mass is 310 g/mol. The number of carbonyl (C=O) groups excluding carboxylic acids is 1. The van der Waals surface area contributed by atoms with Crippen molar-refractivity contribution in [2.75, 3.05) is 0 Å². The number of alkyl halides is 1. The van der Waals surface area contributed by atoms with Crippen molar-refractivity contribution in [2.24, 2.45) is 5.92 Å². The summed E-state index contributed by atoms with van der Waals surface area (Å²) >= 11 is 3.51. The van der Waals surface area contributed by atoms with Gasteiger partial charge in [-0.3, -0.25) is 9.78 Å². The third-order valence-electron chi connectivity index (χ3n) is 3.15. The first-order valence-corrected chi connectivity index (χ1v) is 7.35. The predicted octanol–water partition coefficient (Wildman–Crippen LogP) is 2.99. The molecule has 2 rings (SSSR count). The molecule has 0 N–H and O–H groups in total. The second-order valence-electron chi connectivity index (χ2n) is 5.16. The van der Waals surface area contributed by atoms with Gasteiger partial charge in [0.15, 0.2) is 0 Å². The lowest BCUT2D eigenvalue weighted by Crippen LogP contribution is -2.39. The molecule has 18 heavy (non-hydrogen) atoms. The van der Waals surface area contributed by atoms with Gasteiger partial charge in [0.25, 0.3) is 0 Å². The van der Waals surface area contributed by atoms with Crippen LogP contribution in [0.5, 0.6) is 0 Å². The summed E-state index contributed by atoms with van der Waals surface area (Å²) in [7, 11) is 0. The third-order valence-corrected chi connectivity index (χ3v) is 4.60. The largest absolute Gasteiger partial charge is 0.333 e. The number of amides is 1. The minimum Gasteiger partial charge on any atom is -0.333 e. The van der Waals surface area contributed by atoms with E-state index >= 15 is 0 Å². The van der Waals surface area contributed by atoms with Crippen molar-refractivity contribution < 1.29 is 4.79 Å². The van der Waals surface area contributed by atoms with Crippen molar-refractivity contribution >= 4 is 21.8 Å². The Morgan fingerprint density at radius 1 is 1.50 bits per heavy atom. The van der Waals surface area contributed by atoms with E-state index in [4.69, 9.17) is 0 Å². The Kier molecular flexibility index (Phi) is 4.38. The third kappa shape index (κ3) is 3.31. The van der Waals surface area contributed by atoms with Crippen LogP contribution in [0.25, 0.3) is 0 Å². The zero-order chi connectivity index (χ0) is 13.1. The van der Waals surface area contributed by atoms with Gasteiger partial charge in [-0.1, -0.05) is 35.8 Å². The minimum absolute atomic E-state index is 0.0955. The maximum atomic E-state index is 12.4. The number of aromatic nitrogens is 1. The SMILES string of the molecule is CC(C)C(Br)C(=O)N(Cc1ccccn1)C1CC1. The molecule has 0 spiro atoms. The molecule has 1 heterocycles. The average Bonchev–Trinajstić information content (AvgIpc) is 3.19. The Balaban J connectivity index is 2.07. The van der Waals surface area contributed by atoms with E-state index in [1.54, 1.807) is 6.20 Å². The van der Waals surface area contributed by atoms with Crippen LogP contribution in [0, 0.1) is 5.92 Å². The second kappa shape index (κ2) is 5.83. The van der Waals surface area contributed by atoms with Crippen LogP contribution < -0.4 is 0 Å². The van der Waals surface area contributed by atoms with E-state index in [0.717, 1.165) is 18.5 Å². The van der Waals surface area contributed by atoms with Gasteiger partial charge in [-0.05, 0) is 30.9 Å². The van der Waals surface area contributed by atoms with E-state index in [0.29, 0.717) is 18.5 Å². The van der Waals surface area contributed by atoms with Gasteiger partial charge in [0.1, 0.15) is 0 Å². The van der Waals surface area contributed by atoms with Gasteiger partial charge in [-0.15, -0.1) is 0 Å². The van der Waals surface area contributed by atoms with E-state index < -0.39 is 0 Å². The van der Waals surface area contributed by atoms with E-state index in [9.17, 15) is 4.79 Å². The molecule has 1 aliphatic rings. The standard InChI is InChI=1S/C14H19BrN2O/c1-10(2)13(15)14(18)17(12-6-7-12)9-11-5-3-4-8-16-11/h3-5,8,10,12-13H,6-7,9H2,1-2H3. The first-order chi connectivity index (χ1) is 8.59. The second-order valence-corrected chi connectivity index (χ2v) is 6.15. The zero-order valence-corrected chi connectivity index (χ0v) is 12.4. The van der Waals surface area contributed by atoms with Crippen molar-refractivity contribution in [1.82, 2.24) is 9.88 Å². The Bertz CT molecular complexity index is 404. The fourth-order valence-corrected chi connectivity index (χ4v) is 2.15. The summed E-state index contributed by atoms with van der Waals surface area (Å²) < 4.78 is 0. The molecule has 98 valence electrons. The lowest BCUT2D eigenvalue weighted by atomic mass is 10.1. The molecule has 0 bridgehead atoms. The maximum absolute atomic E-state index is 12.4. The highest BCUT2D eigenvalue weighted by atomic mass is 79.9. The first kappa shape index (κ1) is 13.5. The van der Waals surface area contributed by atoms with Crippen LogP contribution in [-0.2, 0) is 11.3 Å². The van der Waals surface area contributed by atoms with Gasteiger partial charge in [-0.25, -0.2) is 0 Å². The smallest absolute Gasteiger partial charge is 0.237 e. The molecule has 4 heteroatoms. The number of rotatable bonds is 5. The first-order valence-electron chi connectivity index (χ1n) is 6.44. The molecule has 1 aromatic rings. The molecule has 0 radical (unpaired) electrons. The highest BCUT2D eigenvalue weighted by Gasteiger charge is 2.36. The summed E-state index contributed by atoms with van der Waals surface area (Å²) in [5, 5.41) is 0. The zero-order valence-electron chi connectivity index (χ0n) is 10.8. The van der Waals surface area contributed by atoms with Crippen LogP contribution in [0.4, 0.5) is 0 Å². The van der Waals surface area contributed by atoms with Crippen molar-refractivity contribution in [3.8, 4) is 0 Å². The lowest BCUT2D eigenvalue weighted by molar-refractivity contribution is -0.132. The molecule has 1 amide bonds. The molecule has 1 unspecified atom stereocenters. The summed E-state index contributed by atoms with van der Waals surface area (Å²) in [6.45, 7) is 4.74. The van der Waals surface area contributed by atoms with Gasteiger partial charge >= 0.3 is 0 Å². The lowest BCUT2D eigenvalue weighted by Gasteiger charge is -2.26. The summed E-state index contributed by atoms with van der Waals surface area (Å²) in [6, 6.07) is 6.25. The van der Waals surface area contributed by atoms with Crippen LogP contribution in [0.3, 0.4) is 0 Å². The molecule has 1 aromatic heterocycles. The topological polar surface area (TPSA) is 33.2 Å². The molecule has 1 saturated carbocycles. The van der Waals surface area contributed by atoms with E-state index in [-0.39, 0.29) is 10.7 Å². The number of pyridine rings is 1. The summed E-state index contributed by atoms with van der Waals surface area (Å²) in [5.41, 5.74) is 0.959. The summed E-state index contributed by atoms with van der Waals surface area (Å²) in [5.74, 6) is 0.501. The van der Waals surface area contributed by atoms with E-state index in [1.807, 2.05) is 23.1 Å². The van der Waals surface area contributed by atoms with Crippen molar-refractivity contribution in [1.29, 1.82) is 0 Å². The minimum atomic E-state index is -0.0955. The van der Waals surface area contributed by atoms with Crippen molar-refractivity contribution in [3.63, 3.8) is 0 Å². The Labute approximate surface area is 117 Å². The number of hydrogen-bond acceptors (Lipinski definition) is 2. The van der Waals surface area contributed by atoms with Gasteiger partial charge in [0.2, 0.25) is 5.91 Å². The fourth-order valence-electron chi connectivity index (χ4n) is 1.88.